The van der Waals surface area contributed by atoms with Gasteiger partial charge in [-0.3, -0.25) is 0 Å². The van der Waals surface area contributed by atoms with E-state index in [0.717, 1.165) is 0 Å². The largest absolute Gasteiger partial charge is 0.368 e. The molecule has 0 saturated carbocycles. The molecule has 0 fully saturated rings. The quantitative estimate of drug-likeness (QED) is 0.802. The summed E-state index contributed by atoms with van der Waals surface area (Å²) in [6.45, 7) is 0. The Kier molecular flexibility index (Phi) is 3.89. The van der Waals surface area contributed by atoms with Crippen LogP contribution in [0.5, 0.6) is 0 Å². The molecule has 1 aromatic heterocycles. The van der Waals surface area contributed by atoms with Gasteiger partial charge in [0.25, 0.3) is 0 Å². The van der Waals surface area contributed by atoms with Crippen molar-refractivity contribution in [2.75, 3.05) is 11.1 Å². The zero-order valence-corrected chi connectivity index (χ0v) is 11.8. The van der Waals surface area contributed by atoms with E-state index in [-0.39, 0.29) is 16.0 Å². The fourth-order valence-corrected chi connectivity index (χ4v) is 2.01. The molecule has 0 bridgehead atoms. The third-order valence-corrected chi connectivity index (χ3v) is 3.14. The Labute approximate surface area is 120 Å². The molecule has 18 heavy (non-hydrogen) atoms. The predicted molar refractivity (Wildman–Crippen MR) is 73.8 cm³/mol. The number of hydrogen-bond donors (Lipinski definition) is 2. The lowest BCUT2D eigenvalue weighted by Crippen LogP contribution is -2.00. The van der Waals surface area contributed by atoms with Crippen LogP contribution in [0.4, 0.5) is 21.8 Å². The summed E-state index contributed by atoms with van der Waals surface area (Å²) < 4.78 is 13.9. The molecule has 1 heterocycles. The van der Waals surface area contributed by atoms with E-state index in [0.29, 0.717) is 16.0 Å². The van der Waals surface area contributed by atoms with Crippen LogP contribution in [0, 0.1) is 5.82 Å². The van der Waals surface area contributed by atoms with E-state index in [2.05, 4.69) is 31.2 Å². The Morgan fingerprint density at radius 1 is 1.28 bits per heavy atom. The molecule has 0 spiro atoms. The Morgan fingerprint density at radius 3 is 2.50 bits per heavy atom. The van der Waals surface area contributed by atoms with Gasteiger partial charge in [0.15, 0.2) is 5.82 Å². The molecule has 8 heteroatoms. The molecule has 0 atom stereocenters. The van der Waals surface area contributed by atoms with Crippen LogP contribution in [0.1, 0.15) is 0 Å². The smallest absolute Gasteiger partial charge is 0.222 e. The normalized spacial score (nSPS) is 10.4. The van der Waals surface area contributed by atoms with Crippen LogP contribution in [0.2, 0.25) is 10.0 Å². The Balaban J connectivity index is 2.37. The van der Waals surface area contributed by atoms with Crippen molar-refractivity contribution in [2.24, 2.45) is 0 Å². The summed E-state index contributed by atoms with van der Waals surface area (Å²) >= 11 is 14.6. The van der Waals surface area contributed by atoms with Crippen LogP contribution in [-0.4, -0.2) is 9.97 Å². The molecule has 0 amide bonds. The predicted octanol–water partition coefficient (Wildman–Crippen LogP) is 4.01. The highest BCUT2D eigenvalue weighted by atomic mass is 79.9. The number of anilines is 3. The topological polar surface area (TPSA) is 63.8 Å². The van der Waals surface area contributed by atoms with Gasteiger partial charge >= 0.3 is 0 Å². The van der Waals surface area contributed by atoms with Crippen LogP contribution in [0.15, 0.2) is 22.8 Å². The molecule has 94 valence electrons. The summed E-state index contributed by atoms with van der Waals surface area (Å²) in [4.78, 5) is 7.78. The van der Waals surface area contributed by atoms with Gasteiger partial charge in [0.1, 0.15) is 5.82 Å². The molecule has 0 radical (unpaired) electrons. The van der Waals surface area contributed by atoms with Crippen molar-refractivity contribution in [2.45, 2.75) is 0 Å². The van der Waals surface area contributed by atoms with Crippen LogP contribution in [0.3, 0.4) is 0 Å². The summed E-state index contributed by atoms with van der Waals surface area (Å²) in [5.41, 5.74) is 5.96. The Morgan fingerprint density at radius 2 is 1.89 bits per heavy atom. The molecule has 4 nitrogen and oxygen atoms in total. The van der Waals surface area contributed by atoms with Crippen molar-refractivity contribution in [3.8, 4) is 0 Å². The highest BCUT2D eigenvalue weighted by molar-refractivity contribution is 9.10. The number of aromatic nitrogens is 2. The van der Waals surface area contributed by atoms with Crippen molar-refractivity contribution in [1.29, 1.82) is 0 Å². The lowest BCUT2D eigenvalue weighted by Gasteiger charge is -2.09. The average molecular weight is 352 g/mol. The molecular weight excluding hydrogens is 346 g/mol. The van der Waals surface area contributed by atoms with Crippen LogP contribution < -0.4 is 11.1 Å². The third-order valence-electron chi connectivity index (χ3n) is 2.01. The zero-order chi connectivity index (χ0) is 13.3. The van der Waals surface area contributed by atoms with Gasteiger partial charge in [0, 0.05) is 11.9 Å². The molecule has 0 saturated heterocycles. The SMILES string of the molecule is Nc1ncc(Br)c(Nc2cc(Cl)c(F)c(Cl)c2)n1. The summed E-state index contributed by atoms with van der Waals surface area (Å²) in [6.07, 6.45) is 1.50. The molecule has 3 N–H and O–H groups in total. The van der Waals surface area contributed by atoms with Crippen molar-refractivity contribution in [1.82, 2.24) is 9.97 Å². The Bertz CT molecular complexity index is 585. The highest BCUT2D eigenvalue weighted by Gasteiger charge is 2.09. The summed E-state index contributed by atoms with van der Waals surface area (Å²) in [6, 6.07) is 2.79. The van der Waals surface area contributed by atoms with Gasteiger partial charge in [-0.2, -0.15) is 4.98 Å². The summed E-state index contributed by atoms with van der Waals surface area (Å²) in [5, 5.41) is 2.75. The van der Waals surface area contributed by atoms with E-state index < -0.39 is 5.82 Å². The van der Waals surface area contributed by atoms with Crippen molar-refractivity contribution < 1.29 is 4.39 Å². The van der Waals surface area contributed by atoms with E-state index in [1.807, 2.05) is 0 Å². The lowest BCUT2D eigenvalue weighted by atomic mass is 10.3. The van der Waals surface area contributed by atoms with Crippen molar-refractivity contribution in [3.05, 3.63) is 38.7 Å². The van der Waals surface area contributed by atoms with E-state index >= 15 is 0 Å². The van der Waals surface area contributed by atoms with Crippen molar-refractivity contribution >= 4 is 56.6 Å². The third kappa shape index (κ3) is 2.82. The average Bonchev–Trinajstić information content (AvgIpc) is 2.31. The number of nitrogen functional groups attached to an aromatic ring is 1. The van der Waals surface area contributed by atoms with Gasteiger partial charge in [0.2, 0.25) is 5.95 Å². The number of nitrogens with zero attached hydrogens (tertiary/aromatic N) is 2. The fraction of sp³-hybridized carbons (Fsp3) is 0. The van der Waals surface area contributed by atoms with Gasteiger partial charge in [-0.15, -0.1) is 0 Å². The standard InChI is InChI=1S/C10H6BrCl2FN4/c11-5-3-16-10(15)18-9(5)17-4-1-6(12)8(14)7(13)2-4/h1-3H,(H3,15,16,17,18). The molecule has 0 unspecified atom stereocenters. The number of halogens is 4. The number of benzene rings is 1. The molecule has 0 aliphatic rings. The van der Waals surface area contributed by atoms with Crippen molar-refractivity contribution in [3.63, 3.8) is 0 Å². The van der Waals surface area contributed by atoms with E-state index in [4.69, 9.17) is 28.9 Å². The molecule has 2 aromatic rings. The highest BCUT2D eigenvalue weighted by Crippen LogP contribution is 2.30. The van der Waals surface area contributed by atoms with Gasteiger partial charge in [0.05, 0.1) is 14.5 Å². The van der Waals surface area contributed by atoms with Gasteiger partial charge < -0.3 is 11.1 Å². The van der Waals surface area contributed by atoms with E-state index in [9.17, 15) is 4.39 Å². The first-order valence-electron chi connectivity index (χ1n) is 4.67. The first-order valence-corrected chi connectivity index (χ1v) is 6.22. The van der Waals surface area contributed by atoms with Crippen LogP contribution in [-0.2, 0) is 0 Å². The first kappa shape index (κ1) is 13.3. The second-order valence-corrected chi connectivity index (χ2v) is 4.97. The van der Waals surface area contributed by atoms with E-state index in [1.165, 1.54) is 18.3 Å². The number of hydrogen-bond acceptors (Lipinski definition) is 4. The minimum absolute atomic E-state index is 0.0804. The van der Waals surface area contributed by atoms with Gasteiger partial charge in [-0.1, -0.05) is 23.2 Å². The van der Waals surface area contributed by atoms with Gasteiger partial charge in [-0.05, 0) is 28.1 Å². The molecule has 0 aliphatic carbocycles. The summed E-state index contributed by atoms with van der Waals surface area (Å²) in [7, 11) is 0. The maximum atomic E-state index is 13.2. The zero-order valence-electron chi connectivity index (χ0n) is 8.72. The van der Waals surface area contributed by atoms with E-state index in [1.54, 1.807) is 0 Å². The monoisotopic (exact) mass is 350 g/mol. The summed E-state index contributed by atoms with van der Waals surface area (Å²) in [5.74, 6) is -0.119. The minimum atomic E-state index is -0.662. The maximum Gasteiger partial charge on any atom is 0.222 e. The number of rotatable bonds is 2. The minimum Gasteiger partial charge on any atom is -0.368 e. The first-order chi connectivity index (χ1) is 8.47. The Hall–Kier alpha value is -1.11. The second-order valence-electron chi connectivity index (χ2n) is 3.30. The van der Waals surface area contributed by atoms with Gasteiger partial charge in [-0.25, -0.2) is 9.37 Å². The molecule has 0 aliphatic heterocycles. The number of nitrogens with one attached hydrogen (secondary N) is 1. The molecular formula is C10H6BrCl2FN4. The molecule has 1 aromatic carbocycles. The van der Waals surface area contributed by atoms with Crippen LogP contribution >= 0.6 is 39.1 Å². The maximum absolute atomic E-state index is 13.2. The van der Waals surface area contributed by atoms with Crippen LogP contribution in [0.25, 0.3) is 0 Å². The molecule has 2 rings (SSSR count). The second kappa shape index (κ2) is 5.26. The fourth-order valence-electron chi connectivity index (χ4n) is 1.23. The number of nitrogens with two attached hydrogens (primary N) is 1. The lowest BCUT2D eigenvalue weighted by molar-refractivity contribution is 0.629.